The van der Waals surface area contributed by atoms with Gasteiger partial charge in [-0.2, -0.15) is 0 Å². The molecule has 0 aromatic carbocycles. The number of ether oxygens (including phenoxy) is 2. The Kier molecular flexibility index (Phi) is 8.50. The number of aliphatic hydroxyl groups excluding tert-OH is 6. The molecule has 2 aromatic heterocycles. The van der Waals surface area contributed by atoms with Gasteiger partial charge in [-0.15, -0.1) is 0 Å². The summed E-state index contributed by atoms with van der Waals surface area (Å²) in [4.78, 5) is 24.0. The first-order chi connectivity index (χ1) is 17.0. The molecule has 8 N–H and O–H groups in total. The lowest BCUT2D eigenvalue weighted by molar-refractivity contribution is -0.301. The van der Waals surface area contributed by atoms with E-state index in [9.17, 15) is 35.0 Å². The van der Waals surface area contributed by atoms with E-state index in [0.29, 0.717) is 0 Å². The number of phosphoric ester groups is 1. The van der Waals surface area contributed by atoms with E-state index in [1.54, 1.807) is 0 Å². The molecule has 11 atom stereocenters. The number of hydrogen-bond donors (Lipinski definition) is 7. The van der Waals surface area contributed by atoms with Crippen molar-refractivity contribution in [3.8, 4) is 0 Å². The Balaban J connectivity index is 1.29. The van der Waals surface area contributed by atoms with Gasteiger partial charge in [-0.1, -0.05) is 0 Å². The molecule has 2 aliphatic heterocycles. The normalized spacial score (nSPS) is 37.1. The van der Waals surface area contributed by atoms with Gasteiger partial charge >= 0.3 is 0 Å². The van der Waals surface area contributed by atoms with Gasteiger partial charge in [-0.05, 0) is 0 Å². The lowest BCUT2D eigenvalue weighted by Gasteiger charge is -2.41. The summed E-state index contributed by atoms with van der Waals surface area (Å²) in [5.74, 6) is 0.109. The molecule has 0 bridgehead atoms. The van der Waals surface area contributed by atoms with Gasteiger partial charge < -0.3 is 55.3 Å². The summed E-state index contributed by atoms with van der Waals surface area (Å²) >= 11 is 0. The minimum absolute atomic E-state index is 0.109. The van der Waals surface area contributed by atoms with Crippen molar-refractivity contribution in [2.75, 3.05) is 18.9 Å². The number of aliphatic hydroxyl groups is 6. The fourth-order valence-electron chi connectivity index (χ4n) is 3.64. The molecule has 2 aromatic rings. The fourth-order valence-corrected chi connectivity index (χ4v) is 5.05. The van der Waals surface area contributed by atoms with E-state index >= 15 is 0 Å². The average Bonchev–Trinajstić information content (AvgIpc) is 3.39. The monoisotopic (exact) mass is 556 g/mol. The average molecular weight is 556 g/mol. The number of nitrogen functional groups attached to an aromatic ring is 1. The Morgan fingerprint density at radius 1 is 1.06 bits per heavy atom. The maximum absolute atomic E-state index is 12.1. The number of imidazole rings is 1. The number of nitrogens with two attached hydrogens (primary N) is 1. The first-order valence-corrected chi connectivity index (χ1v) is 12.6. The molecule has 202 valence electrons. The smallest absolute Gasteiger partial charge is 0.275 e. The highest BCUT2D eigenvalue weighted by atomic mass is 31.2. The van der Waals surface area contributed by atoms with Crippen LogP contribution in [0.15, 0.2) is 12.7 Å². The van der Waals surface area contributed by atoms with E-state index in [2.05, 4.69) is 23.8 Å². The third-order valence-electron chi connectivity index (χ3n) is 5.54. The first kappa shape index (κ1) is 27.6. The first-order valence-electron chi connectivity index (χ1n) is 10.3. The van der Waals surface area contributed by atoms with Crippen LogP contribution in [0.1, 0.15) is 6.23 Å². The third-order valence-corrected chi connectivity index (χ3v) is 7.48. The Morgan fingerprint density at radius 3 is 2.50 bits per heavy atom. The highest BCUT2D eigenvalue weighted by molar-refractivity contribution is 7.53. The zero-order chi connectivity index (χ0) is 26.2. The van der Waals surface area contributed by atoms with Crippen LogP contribution in [0.2, 0.25) is 0 Å². The predicted molar refractivity (Wildman–Crippen MR) is 113 cm³/mol. The Hall–Kier alpha value is -1.47. The lowest BCUT2D eigenvalue weighted by atomic mass is 10.00. The van der Waals surface area contributed by atoms with Crippen LogP contribution in [0.5, 0.6) is 0 Å². The molecule has 2 fully saturated rings. The number of anilines is 1. The van der Waals surface area contributed by atoms with E-state index in [4.69, 9.17) is 24.8 Å². The van der Waals surface area contributed by atoms with Gasteiger partial charge in [0.05, 0.1) is 19.5 Å². The largest absolute Gasteiger partial charge is 0.756 e. The van der Waals surface area contributed by atoms with Crippen LogP contribution in [-0.4, -0.2) is 112 Å². The van der Waals surface area contributed by atoms with Gasteiger partial charge in [0.1, 0.15) is 54.6 Å². The molecule has 18 nitrogen and oxygen atoms in total. The molecule has 0 aliphatic carbocycles. The van der Waals surface area contributed by atoms with Crippen molar-refractivity contribution in [1.82, 2.24) is 19.5 Å². The SMILES string of the molecule is Nc1ncnc2c1ncn2[C@@H]1O[C@H](COPOP(=O)([O-])O[C@H]2OC(CO)[C@@H](O)[C@@H](O)C2O)[C@H](O)C1O. The second-order valence-corrected chi connectivity index (χ2v) is 10.2. The molecule has 0 saturated carbocycles. The van der Waals surface area contributed by atoms with E-state index in [1.165, 1.54) is 17.2 Å². The third kappa shape index (κ3) is 5.52. The topological polar surface area (TPSA) is 277 Å². The number of hydrogen-bond acceptors (Lipinski definition) is 17. The molecule has 2 aliphatic rings. The second-order valence-electron chi connectivity index (χ2n) is 7.86. The van der Waals surface area contributed by atoms with Gasteiger partial charge in [0.25, 0.3) is 7.82 Å². The molecule has 0 spiro atoms. The van der Waals surface area contributed by atoms with Crippen molar-refractivity contribution in [1.29, 1.82) is 0 Å². The Labute approximate surface area is 203 Å². The minimum Gasteiger partial charge on any atom is -0.756 e. The summed E-state index contributed by atoms with van der Waals surface area (Å²) in [6.45, 7) is -1.19. The predicted octanol–water partition coefficient (Wildman–Crippen LogP) is -4.15. The number of phosphoric acid groups is 1. The molecular weight excluding hydrogens is 532 g/mol. The molecule has 4 heterocycles. The van der Waals surface area contributed by atoms with Crippen LogP contribution in [0, 0.1) is 0 Å². The van der Waals surface area contributed by atoms with Crippen molar-refractivity contribution in [2.45, 2.75) is 55.2 Å². The molecule has 4 rings (SSSR count). The molecule has 0 radical (unpaired) electrons. The number of nitrogens with zero attached hydrogens (tertiary/aromatic N) is 4. The minimum atomic E-state index is -5.17. The van der Waals surface area contributed by atoms with E-state index in [1.807, 2.05) is 0 Å². The Bertz CT molecular complexity index is 1090. The van der Waals surface area contributed by atoms with Crippen molar-refractivity contribution in [2.24, 2.45) is 0 Å². The maximum Gasteiger partial charge on any atom is 0.275 e. The standard InChI is InChI=1S/C16H25N5O13P2/c17-13-7-14(19-3-18-13)21(4-20-7)15-11(26)9(24)6(31-15)2-30-35-34-36(28,29)33-16-12(27)10(25)8(23)5(1-22)32-16/h3-6,8-12,15-16,22-27,35H,1-2H2,(H,28,29)(H2,17,18,19)/p-1/t5?,6-,8-,9+,10-,11?,12?,15-,16-/m1/s1. The van der Waals surface area contributed by atoms with E-state index < -0.39 is 85.3 Å². The van der Waals surface area contributed by atoms with Crippen LogP contribution in [0.3, 0.4) is 0 Å². The quantitative estimate of drug-likeness (QED) is 0.114. The molecular formula is C16H24N5O13P2-. The molecule has 5 unspecified atom stereocenters. The second kappa shape index (κ2) is 11.1. The van der Waals surface area contributed by atoms with Gasteiger partial charge in [0, 0.05) is 0 Å². The van der Waals surface area contributed by atoms with E-state index in [-0.39, 0.29) is 17.0 Å². The van der Waals surface area contributed by atoms with Crippen molar-refractivity contribution >= 4 is 33.8 Å². The Morgan fingerprint density at radius 2 is 1.78 bits per heavy atom. The summed E-state index contributed by atoms with van der Waals surface area (Å²) in [7, 11) is -6.36. The van der Waals surface area contributed by atoms with Gasteiger partial charge in [0.2, 0.25) is 0 Å². The highest BCUT2D eigenvalue weighted by Crippen LogP contribution is 2.48. The van der Waals surface area contributed by atoms with Gasteiger partial charge in [-0.25, -0.2) is 15.0 Å². The number of fused-ring (bicyclic) bond motifs is 1. The van der Waals surface area contributed by atoms with Crippen molar-refractivity contribution in [3.63, 3.8) is 0 Å². The number of rotatable bonds is 9. The molecule has 2 saturated heterocycles. The molecule has 0 amide bonds. The van der Waals surface area contributed by atoms with E-state index in [0.717, 1.165) is 0 Å². The van der Waals surface area contributed by atoms with Crippen molar-refractivity contribution < 1.29 is 62.9 Å². The maximum atomic E-state index is 12.1. The summed E-state index contributed by atoms with van der Waals surface area (Å²) in [5.41, 5.74) is 6.26. The van der Waals surface area contributed by atoms with Crippen LogP contribution in [-0.2, 0) is 27.4 Å². The zero-order valence-electron chi connectivity index (χ0n) is 18.1. The molecule has 36 heavy (non-hydrogen) atoms. The zero-order valence-corrected chi connectivity index (χ0v) is 20.0. The van der Waals surface area contributed by atoms with Gasteiger partial charge in [0.15, 0.2) is 33.0 Å². The van der Waals surface area contributed by atoms with Crippen LogP contribution >= 0.6 is 16.9 Å². The van der Waals surface area contributed by atoms with Crippen LogP contribution in [0.25, 0.3) is 11.2 Å². The highest BCUT2D eigenvalue weighted by Gasteiger charge is 2.46. The van der Waals surface area contributed by atoms with Crippen molar-refractivity contribution in [3.05, 3.63) is 12.7 Å². The fraction of sp³-hybridized carbons (Fsp3) is 0.688. The van der Waals surface area contributed by atoms with Crippen LogP contribution in [0.4, 0.5) is 5.82 Å². The number of aromatic nitrogens is 4. The molecule has 20 heteroatoms. The lowest BCUT2D eigenvalue weighted by Crippen LogP contribution is -2.59. The summed E-state index contributed by atoms with van der Waals surface area (Å²) in [5, 5.41) is 59.2. The summed E-state index contributed by atoms with van der Waals surface area (Å²) in [6.07, 6.45) is -11.4. The summed E-state index contributed by atoms with van der Waals surface area (Å²) in [6, 6.07) is 0. The van der Waals surface area contributed by atoms with Crippen LogP contribution < -0.4 is 10.6 Å². The van der Waals surface area contributed by atoms with Gasteiger partial charge in [-0.3, -0.25) is 18.0 Å². The summed E-state index contributed by atoms with van der Waals surface area (Å²) < 4.78 is 38.2.